The number of aliphatic hydroxyl groups excluding tert-OH is 1. The Morgan fingerprint density at radius 3 is 2.92 bits per heavy atom. The van der Waals surface area contributed by atoms with Crippen LogP contribution in [0.3, 0.4) is 0 Å². The maximum absolute atomic E-state index is 8.82. The van der Waals surface area contributed by atoms with Gasteiger partial charge in [0.25, 0.3) is 0 Å². The van der Waals surface area contributed by atoms with E-state index < -0.39 is 0 Å². The molecule has 78 valence electrons. The number of rotatable bonds is 4. The molecular weight excluding hydrogens is 164 g/mol. The van der Waals surface area contributed by atoms with E-state index in [0.29, 0.717) is 6.04 Å². The molecule has 0 radical (unpaired) electrons. The molecule has 0 spiro atoms. The summed E-state index contributed by atoms with van der Waals surface area (Å²) in [5, 5.41) is 12.3. The van der Waals surface area contributed by atoms with Gasteiger partial charge in [0.1, 0.15) is 0 Å². The minimum atomic E-state index is 0.286. The Hall–Kier alpha value is -0.120. The molecule has 3 nitrogen and oxygen atoms in total. The van der Waals surface area contributed by atoms with Crippen LogP contribution in [0.1, 0.15) is 20.3 Å². The summed E-state index contributed by atoms with van der Waals surface area (Å²) in [5.41, 5.74) is 0. The van der Waals surface area contributed by atoms with Gasteiger partial charge < -0.3 is 10.4 Å². The van der Waals surface area contributed by atoms with Crippen molar-refractivity contribution >= 4 is 0 Å². The van der Waals surface area contributed by atoms with Gasteiger partial charge in [-0.2, -0.15) is 0 Å². The molecule has 1 heterocycles. The molecule has 13 heavy (non-hydrogen) atoms. The number of hydrogen-bond donors (Lipinski definition) is 2. The summed E-state index contributed by atoms with van der Waals surface area (Å²) in [4.78, 5) is 2.34. The predicted octanol–water partition coefficient (Wildman–Crippen LogP) is 0.299. The normalized spacial score (nSPS) is 25.4. The van der Waals surface area contributed by atoms with Crippen LogP contribution < -0.4 is 5.32 Å². The van der Waals surface area contributed by atoms with E-state index in [1.54, 1.807) is 0 Å². The smallest absolute Gasteiger partial charge is 0.0558 e. The molecule has 0 aromatic carbocycles. The van der Waals surface area contributed by atoms with E-state index in [1.807, 2.05) is 0 Å². The third kappa shape index (κ3) is 4.07. The number of nitrogens with one attached hydrogen (secondary N) is 1. The number of nitrogens with zero attached hydrogens (tertiary/aromatic N) is 1. The van der Waals surface area contributed by atoms with Gasteiger partial charge in [0.05, 0.1) is 6.61 Å². The van der Waals surface area contributed by atoms with Crippen LogP contribution in [0.2, 0.25) is 0 Å². The molecule has 0 bridgehead atoms. The maximum atomic E-state index is 8.82. The van der Waals surface area contributed by atoms with Gasteiger partial charge in [-0.1, -0.05) is 13.8 Å². The van der Waals surface area contributed by atoms with Gasteiger partial charge in [-0.3, -0.25) is 4.90 Å². The Kier molecular flexibility index (Phi) is 4.70. The Morgan fingerprint density at radius 2 is 2.31 bits per heavy atom. The van der Waals surface area contributed by atoms with Gasteiger partial charge >= 0.3 is 0 Å². The Balaban J connectivity index is 2.24. The highest BCUT2D eigenvalue weighted by Gasteiger charge is 2.18. The first-order chi connectivity index (χ1) is 6.22. The van der Waals surface area contributed by atoms with Crippen LogP contribution in [0.4, 0.5) is 0 Å². The maximum Gasteiger partial charge on any atom is 0.0558 e. The van der Waals surface area contributed by atoms with Crippen molar-refractivity contribution in [3.05, 3.63) is 0 Å². The fourth-order valence-corrected chi connectivity index (χ4v) is 1.97. The van der Waals surface area contributed by atoms with E-state index >= 15 is 0 Å². The van der Waals surface area contributed by atoms with Crippen LogP contribution in [-0.2, 0) is 0 Å². The van der Waals surface area contributed by atoms with Crippen LogP contribution >= 0.6 is 0 Å². The standard InChI is InChI=1S/C10H22N2O/c1-9(2)7-10-8-12(5-6-13)4-3-11-10/h9-11,13H,3-8H2,1-2H3. The molecule has 2 N–H and O–H groups in total. The number of hydrogen-bond acceptors (Lipinski definition) is 3. The first kappa shape index (κ1) is 11.0. The average Bonchev–Trinajstić information content (AvgIpc) is 2.04. The summed E-state index contributed by atoms with van der Waals surface area (Å²) >= 11 is 0. The van der Waals surface area contributed by atoms with Gasteiger partial charge in [0, 0.05) is 32.2 Å². The van der Waals surface area contributed by atoms with Crippen LogP contribution in [0.25, 0.3) is 0 Å². The zero-order valence-electron chi connectivity index (χ0n) is 8.79. The second-order valence-corrected chi connectivity index (χ2v) is 4.30. The summed E-state index contributed by atoms with van der Waals surface area (Å²) in [7, 11) is 0. The summed E-state index contributed by atoms with van der Waals surface area (Å²) in [6.45, 7) is 8.87. The summed E-state index contributed by atoms with van der Waals surface area (Å²) < 4.78 is 0. The van der Waals surface area contributed by atoms with Crippen LogP contribution in [0.15, 0.2) is 0 Å². The largest absolute Gasteiger partial charge is 0.395 e. The minimum Gasteiger partial charge on any atom is -0.395 e. The lowest BCUT2D eigenvalue weighted by Crippen LogP contribution is -2.51. The van der Waals surface area contributed by atoms with Crippen molar-refractivity contribution in [2.75, 3.05) is 32.8 Å². The van der Waals surface area contributed by atoms with E-state index in [4.69, 9.17) is 5.11 Å². The van der Waals surface area contributed by atoms with Crippen molar-refractivity contribution in [3.63, 3.8) is 0 Å². The van der Waals surface area contributed by atoms with Crippen molar-refractivity contribution in [2.24, 2.45) is 5.92 Å². The lowest BCUT2D eigenvalue weighted by molar-refractivity contribution is 0.150. The Morgan fingerprint density at radius 1 is 1.54 bits per heavy atom. The third-order valence-corrected chi connectivity index (χ3v) is 2.51. The Labute approximate surface area is 81.1 Å². The summed E-state index contributed by atoms with van der Waals surface area (Å²) in [6.07, 6.45) is 1.24. The van der Waals surface area contributed by atoms with Crippen molar-refractivity contribution in [2.45, 2.75) is 26.3 Å². The number of β-amino-alcohol motifs (C(OH)–C–C–N with tert-alkyl or cyclic N) is 1. The quantitative estimate of drug-likeness (QED) is 0.663. The second-order valence-electron chi connectivity index (χ2n) is 4.30. The average molecular weight is 186 g/mol. The topological polar surface area (TPSA) is 35.5 Å². The van der Waals surface area contributed by atoms with Crippen LogP contribution in [0, 0.1) is 5.92 Å². The zero-order valence-corrected chi connectivity index (χ0v) is 8.79. The van der Waals surface area contributed by atoms with Crippen LogP contribution in [-0.4, -0.2) is 48.8 Å². The molecule has 1 atom stereocenters. The zero-order chi connectivity index (χ0) is 9.68. The first-order valence-electron chi connectivity index (χ1n) is 5.29. The van der Waals surface area contributed by atoms with Crippen molar-refractivity contribution in [3.8, 4) is 0 Å². The first-order valence-corrected chi connectivity index (χ1v) is 5.29. The van der Waals surface area contributed by atoms with Crippen molar-refractivity contribution < 1.29 is 5.11 Å². The number of piperazine rings is 1. The second kappa shape index (κ2) is 5.58. The fraction of sp³-hybridized carbons (Fsp3) is 1.00. The molecule has 3 heteroatoms. The SMILES string of the molecule is CC(C)CC1CN(CCO)CCN1. The lowest BCUT2D eigenvalue weighted by Gasteiger charge is -2.34. The molecule has 1 fully saturated rings. The molecule has 0 aliphatic carbocycles. The highest BCUT2D eigenvalue weighted by molar-refractivity contribution is 4.78. The van der Waals surface area contributed by atoms with Gasteiger partial charge in [-0.05, 0) is 12.3 Å². The molecule has 1 rings (SSSR count). The molecule has 0 aromatic rings. The van der Waals surface area contributed by atoms with E-state index in [1.165, 1.54) is 6.42 Å². The Bertz CT molecular complexity index is 137. The molecular formula is C10H22N2O. The monoisotopic (exact) mass is 186 g/mol. The van der Waals surface area contributed by atoms with E-state index in [2.05, 4.69) is 24.1 Å². The van der Waals surface area contributed by atoms with Gasteiger partial charge in [0.15, 0.2) is 0 Å². The van der Waals surface area contributed by atoms with Gasteiger partial charge in [0.2, 0.25) is 0 Å². The van der Waals surface area contributed by atoms with Crippen molar-refractivity contribution in [1.82, 2.24) is 10.2 Å². The van der Waals surface area contributed by atoms with E-state index in [-0.39, 0.29) is 6.61 Å². The molecule has 1 saturated heterocycles. The number of aliphatic hydroxyl groups is 1. The molecule has 1 aliphatic rings. The van der Waals surface area contributed by atoms with Crippen LogP contribution in [0.5, 0.6) is 0 Å². The van der Waals surface area contributed by atoms with Crippen molar-refractivity contribution in [1.29, 1.82) is 0 Å². The summed E-state index contributed by atoms with van der Waals surface area (Å²) in [6, 6.07) is 0.625. The summed E-state index contributed by atoms with van der Waals surface area (Å²) in [5.74, 6) is 0.756. The molecule has 1 aliphatic heterocycles. The molecule has 1 unspecified atom stereocenters. The molecule has 0 saturated carbocycles. The lowest BCUT2D eigenvalue weighted by atomic mass is 10.0. The molecule has 0 amide bonds. The van der Waals surface area contributed by atoms with Gasteiger partial charge in [-0.25, -0.2) is 0 Å². The van der Waals surface area contributed by atoms with E-state index in [9.17, 15) is 0 Å². The third-order valence-electron chi connectivity index (χ3n) is 2.51. The highest BCUT2D eigenvalue weighted by Crippen LogP contribution is 2.08. The van der Waals surface area contributed by atoms with E-state index in [0.717, 1.165) is 32.1 Å². The van der Waals surface area contributed by atoms with Gasteiger partial charge in [-0.15, -0.1) is 0 Å². The minimum absolute atomic E-state index is 0.286. The predicted molar refractivity (Wildman–Crippen MR) is 54.8 cm³/mol. The fourth-order valence-electron chi connectivity index (χ4n) is 1.97. The molecule has 0 aromatic heterocycles. The highest BCUT2D eigenvalue weighted by atomic mass is 16.3.